The number of nitrogens with zero attached hydrogens (tertiary/aromatic N) is 1. The van der Waals surface area contributed by atoms with E-state index in [2.05, 4.69) is 0 Å². The molecule has 0 unspecified atom stereocenters. The summed E-state index contributed by atoms with van der Waals surface area (Å²) >= 11 is 11.2. The van der Waals surface area contributed by atoms with Crippen molar-refractivity contribution in [3.63, 3.8) is 0 Å². The van der Waals surface area contributed by atoms with Gasteiger partial charge in [0.25, 0.3) is 5.91 Å². The number of ether oxygens (including phenoxy) is 2. The summed E-state index contributed by atoms with van der Waals surface area (Å²) in [7, 11) is 0. The molecule has 0 aliphatic carbocycles. The van der Waals surface area contributed by atoms with Crippen molar-refractivity contribution in [1.29, 1.82) is 0 Å². The molecule has 0 fully saturated rings. The number of carbonyl (C=O) groups excluding carboxylic acids is 1. The van der Waals surface area contributed by atoms with Gasteiger partial charge in [-0.1, -0.05) is 29.3 Å². The van der Waals surface area contributed by atoms with E-state index < -0.39 is 4.84 Å². The maximum Gasteiger partial charge on any atom is 0.256 e. The molecule has 4 nitrogen and oxygen atoms in total. The molecular formula is C12H13Cl2NO3. The fourth-order valence-corrected chi connectivity index (χ4v) is 2.02. The Morgan fingerprint density at radius 2 is 2.11 bits per heavy atom. The third kappa shape index (κ3) is 2.82. The SMILES string of the molecule is CCN(Cc1ccc2c(c1)OCO2)C(=O)C(Cl)Cl. The predicted molar refractivity (Wildman–Crippen MR) is 69.2 cm³/mol. The molecule has 0 spiro atoms. The normalized spacial score (nSPS) is 12.9. The van der Waals surface area contributed by atoms with Gasteiger partial charge in [0.1, 0.15) is 0 Å². The first-order valence-corrected chi connectivity index (χ1v) is 6.44. The average molecular weight is 290 g/mol. The van der Waals surface area contributed by atoms with E-state index in [0.717, 1.165) is 11.3 Å². The number of carbonyl (C=O) groups is 1. The maximum absolute atomic E-state index is 11.7. The van der Waals surface area contributed by atoms with Crippen LogP contribution >= 0.6 is 23.2 Å². The Labute approximate surface area is 115 Å². The van der Waals surface area contributed by atoms with E-state index in [0.29, 0.717) is 18.8 Å². The number of hydrogen-bond donors (Lipinski definition) is 0. The highest BCUT2D eigenvalue weighted by Crippen LogP contribution is 2.32. The molecule has 1 aliphatic heterocycles. The molecule has 0 radical (unpaired) electrons. The second-order valence-electron chi connectivity index (χ2n) is 3.84. The van der Waals surface area contributed by atoms with E-state index >= 15 is 0 Å². The zero-order valence-electron chi connectivity index (χ0n) is 9.86. The highest BCUT2D eigenvalue weighted by Gasteiger charge is 2.20. The second-order valence-corrected chi connectivity index (χ2v) is 4.94. The molecule has 0 aromatic heterocycles. The van der Waals surface area contributed by atoms with Crippen molar-refractivity contribution in [1.82, 2.24) is 4.90 Å². The summed E-state index contributed by atoms with van der Waals surface area (Å²) in [5.74, 6) is 1.13. The van der Waals surface area contributed by atoms with Crippen LogP contribution in [0, 0.1) is 0 Å². The molecule has 2 rings (SSSR count). The summed E-state index contributed by atoms with van der Waals surface area (Å²) in [5.41, 5.74) is 0.948. The molecule has 0 saturated heterocycles. The second kappa shape index (κ2) is 5.67. The zero-order valence-corrected chi connectivity index (χ0v) is 11.4. The molecule has 0 atom stereocenters. The lowest BCUT2D eigenvalue weighted by atomic mass is 10.2. The molecule has 6 heteroatoms. The Balaban J connectivity index is 2.10. The van der Waals surface area contributed by atoms with Gasteiger partial charge in [-0.05, 0) is 24.6 Å². The van der Waals surface area contributed by atoms with E-state index in [9.17, 15) is 4.79 Å². The Morgan fingerprint density at radius 3 is 2.78 bits per heavy atom. The molecule has 0 bridgehead atoms. The van der Waals surface area contributed by atoms with Crippen LogP contribution in [0.1, 0.15) is 12.5 Å². The van der Waals surface area contributed by atoms with Gasteiger partial charge in [-0.3, -0.25) is 4.79 Å². The van der Waals surface area contributed by atoms with Crippen molar-refractivity contribution in [2.45, 2.75) is 18.3 Å². The number of rotatable bonds is 4. The van der Waals surface area contributed by atoms with Crippen molar-refractivity contribution < 1.29 is 14.3 Å². The summed E-state index contributed by atoms with van der Waals surface area (Å²) in [5, 5.41) is 0. The lowest BCUT2D eigenvalue weighted by Crippen LogP contribution is -2.34. The first kappa shape index (κ1) is 13.3. The van der Waals surface area contributed by atoms with E-state index in [1.165, 1.54) is 0 Å². The highest BCUT2D eigenvalue weighted by molar-refractivity contribution is 6.53. The minimum atomic E-state index is -1.03. The van der Waals surface area contributed by atoms with E-state index in [1.807, 2.05) is 25.1 Å². The van der Waals surface area contributed by atoms with E-state index in [4.69, 9.17) is 32.7 Å². The number of halogens is 2. The lowest BCUT2D eigenvalue weighted by molar-refractivity contribution is -0.129. The zero-order chi connectivity index (χ0) is 13.1. The Hall–Kier alpha value is -1.13. The summed E-state index contributed by atoms with van der Waals surface area (Å²) in [6, 6.07) is 5.57. The first-order chi connectivity index (χ1) is 8.61. The lowest BCUT2D eigenvalue weighted by Gasteiger charge is -2.21. The van der Waals surface area contributed by atoms with Crippen LogP contribution in [0.3, 0.4) is 0 Å². The fourth-order valence-electron chi connectivity index (χ4n) is 1.74. The maximum atomic E-state index is 11.7. The quantitative estimate of drug-likeness (QED) is 0.800. The Kier molecular flexibility index (Phi) is 4.19. The predicted octanol–water partition coefficient (Wildman–Crippen LogP) is 2.57. The number of fused-ring (bicyclic) bond motifs is 1. The standard InChI is InChI=1S/C12H13Cl2NO3/c1-2-15(12(16)11(13)14)6-8-3-4-9-10(5-8)18-7-17-9/h3-5,11H,2,6-7H2,1H3. The molecule has 1 aromatic rings. The van der Waals surface area contributed by atoms with Crippen LogP contribution in [0.25, 0.3) is 0 Å². The van der Waals surface area contributed by atoms with Gasteiger partial charge in [-0.2, -0.15) is 0 Å². The van der Waals surface area contributed by atoms with Crippen LogP contribution in [0.4, 0.5) is 0 Å². The van der Waals surface area contributed by atoms with Crippen LogP contribution in [-0.2, 0) is 11.3 Å². The third-order valence-corrected chi connectivity index (χ3v) is 3.06. The monoisotopic (exact) mass is 289 g/mol. The summed E-state index contributed by atoms with van der Waals surface area (Å²) in [6.07, 6.45) is 0. The molecule has 18 heavy (non-hydrogen) atoms. The van der Waals surface area contributed by atoms with Crippen LogP contribution in [0.5, 0.6) is 11.5 Å². The first-order valence-electron chi connectivity index (χ1n) is 5.57. The molecule has 0 N–H and O–H groups in total. The van der Waals surface area contributed by atoms with Gasteiger partial charge < -0.3 is 14.4 Å². The molecule has 98 valence electrons. The van der Waals surface area contributed by atoms with Crippen LogP contribution < -0.4 is 9.47 Å². The van der Waals surface area contributed by atoms with Crippen molar-refractivity contribution in [3.05, 3.63) is 23.8 Å². The van der Waals surface area contributed by atoms with Gasteiger partial charge in [-0.25, -0.2) is 0 Å². The van der Waals surface area contributed by atoms with Gasteiger partial charge in [0.2, 0.25) is 6.79 Å². The number of amides is 1. The molecule has 0 saturated carbocycles. The molecule has 1 aliphatic rings. The van der Waals surface area contributed by atoms with Gasteiger partial charge in [0.05, 0.1) is 0 Å². The molecule has 1 amide bonds. The fraction of sp³-hybridized carbons (Fsp3) is 0.417. The molecule has 1 heterocycles. The Bertz CT molecular complexity index is 451. The summed E-state index contributed by atoms with van der Waals surface area (Å²) in [4.78, 5) is 12.3. The minimum absolute atomic E-state index is 0.237. The molecule has 1 aromatic carbocycles. The van der Waals surface area contributed by atoms with Crippen molar-refractivity contribution >= 4 is 29.1 Å². The highest BCUT2D eigenvalue weighted by atomic mass is 35.5. The Morgan fingerprint density at radius 1 is 1.39 bits per heavy atom. The van der Waals surface area contributed by atoms with Crippen LogP contribution in [0.15, 0.2) is 18.2 Å². The smallest absolute Gasteiger partial charge is 0.256 e. The van der Waals surface area contributed by atoms with Gasteiger partial charge in [0.15, 0.2) is 16.3 Å². The van der Waals surface area contributed by atoms with Gasteiger partial charge in [-0.15, -0.1) is 0 Å². The van der Waals surface area contributed by atoms with Crippen molar-refractivity contribution in [2.24, 2.45) is 0 Å². The van der Waals surface area contributed by atoms with Gasteiger partial charge in [0, 0.05) is 13.1 Å². The van der Waals surface area contributed by atoms with Crippen molar-refractivity contribution in [2.75, 3.05) is 13.3 Å². The van der Waals surface area contributed by atoms with E-state index in [1.54, 1.807) is 4.90 Å². The topological polar surface area (TPSA) is 38.8 Å². The van der Waals surface area contributed by atoms with Crippen LogP contribution in [-0.4, -0.2) is 29.0 Å². The number of alkyl halides is 2. The van der Waals surface area contributed by atoms with Gasteiger partial charge >= 0.3 is 0 Å². The molecular weight excluding hydrogens is 277 g/mol. The average Bonchev–Trinajstić information content (AvgIpc) is 2.82. The number of hydrogen-bond acceptors (Lipinski definition) is 3. The summed E-state index contributed by atoms with van der Waals surface area (Å²) in [6.45, 7) is 3.10. The summed E-state index contributed by atoms with van der Waals surface area (Å²) < 4.78 is 10.5. The number of benzene rings is 1. The van der Waals surface area contributed by atoms with Crippen molar-refractivity contribution in [3.8, 4) is 11.5 Å². The largest absolute Gasteiger partial charge is 0.454 e. The van der Waals surface area contributed by atoms with Crippen LogP contribution in [0.2, 0.25) is 0 Å². The third-order valence-electron chi connectivity index (χ3n) is 2.69. The minimum Gasteiger partial charge on any atom is -0.454 e. The van der Waals surface area contributed by atoms with E-state index in [-0.39, 0.29) is 12.7 Å².